The number of carbonyl (C=O) groups is 3. The standard InChI is InChI=1S/C32H42N2O7/c1-19-8-10-24-23(16-19)29(22-9-11-25(39-6)20(2)28(22)40-7)41-26(30(36)34(24)18-32(3,4)5)17-27(35)33-14-12-21(13-15-33)31(37)38/h8-11,16,21,26,29H,12-15,17-18H2,1-7H3,(H,37,38). The summed E-state index contributed by atoms with van der Waals surface area (Å²) in [6.07, 6.45) is -1.09. The number of aryl methyl sites for hydroxylation is 1. The second-order valence-electron chi connectivity index (χ2n) is 12.3. The first kappa shape index (κ1) is 30.4. The highest BCUT2D eigenvalue weighted by Crippen LogP contribution is 2.45. The zero-order chi connectivity index (χ0) is 30.1. The highest BCUT2D eigenvalue weighted by Gasteiger charge is 2.41. The van der Waals surface area contributed by atoms with Crippen LogP contribution in [0.5, 0.6) is 11.5 Å². The van der Waals surface area contributed by atoms with Crippen LogP contribution in [-0.4, -0.2) is 67.7 Å². The lowest BCUT2D eigenvalue weighted by atomic mass is 9.93. The van der Waals surface area contributed by atoms with Crippen molar-refractivity contribution in [1.82, 2.24) is 4.90 Å². The summed E-state index contributed by atoms with van der Waals surface area (Å²) >= 11 is 0. The molecule has 2 aliphatic rings. The van der Waals surface area contributed by atoms with Crippen molar-refractivity contribution in [2.24, 2.45) is 11.3 Å². The van der Waals surface area contributed by atoms with E-state index in [9.17, 15) is 19.5 Å². The average molecular weight is 567 g/mol. The minimum absolute atomic E-state index is 0.141. The first-order chi connectivity index (χ1) is 19.3. The van der Waals surface area contributed by atoms with Crippen molar-refractivity contribution >= 4 is 23.5 Å². The Balaban J connectivity index is 1.78. The van der Waals surface area contributed by atoms with E-state index in [0.717, 1.165) is 27.9 Å². The molecule has 9 heteroatoms. The summed E-state index contributed by atoms with van der Waals surface area (Å²) in [4.78, 5) is 42.6. The van der Waals surface area contributed by atoms with Crippen molar-refractivity contribution in [3.63, 3.8) is 0 Å². The van der Waals surface area contributed by atoms with Crippen LogP contribution in [0, 0.1) is 25.2 Å². The smallest absolute Gasteiger partial charge is 0.306 e. The molecule has 2 aromatic rings. The van der Waals surface area contributed by atoms with Gasteiger partial charge in [0.25, 0.3) is 5.91 Å². The highest BCUT2D eigenvalue weighted by molar-refractivity contribution is 6.00. The summed E-state index contributed by atoms with van der Waals surface area (Å²) in [5.74, 6) is -0.515. The lowest BCUT2D eigenvalue weighted by Gasteiger charge is -2.33. The highest BCUT2D eigenvalue weighted by atomic mass is 16.5. The molecule has 0 aliphatic carbocycles. The molecule has 0 saturated carbocycles. The van der Waals surface area contributed by atoms with E-state index in [0.29, 0.717) is 44.0 Å². The van der Waals surface area contributed by atoms with Crippen LogP contribution in [0.3, 0.4) is 0 Å². The Kier molecular flexibility index (Phi) is 8.97. The van der Waals surface area contributed by atoms with Crippen LogP contribution in [-0.2, 0) is 19.1 Å². The van der Waals surface area contributed by atoms with Gasteiger partial charge in [-0.3, -0.25) is 14.4 Å². The number of amides is 2. The van der Waals surface area contributed by atoms with Gasteiger partial charge in [-0.15, -0.1) is 0 Å². The van der Waals surface area contributed by atoms with Gasteiger partial charge in [0.2, 0.25) is 5.91 Å². The van der Waals surface area contributed by atoms with Gasteiger partial charge in [0.05, 0.1) is 26.6 Å². The molecule has 0 aromatic heterocycles. The minimum atomic E-state index is -1.05. The number of benzene rings is 2. The van der Waals surface area contributed by atoms with Crippen molar-refractivity contribution in [3.05, 3.63) is 52.6 Å². The molecule has 2 aromatic carbocycles. The van der Waals surface area contributed by atoms with E-state index in [1.807, 2.05) is 44.2 Å². The number of ether oxygens (including phenoxy) is 3. The molecule has 0 radical (unpaired) electrons. The van der Waals surface area contributed by atoms with Gasteiger partial charge in [0, 0.05) is 42.0 Å². The molecule has 0 spiro atoms. The molecule has 41 heavy (non-hydrogen) atoms. The van der Waals surface area contributed by atoms with E-state index >= 15 is 0 Å². The van der Waals surface area contributed by atoms with Gasteiger partial charge in [0.1, 0.15) is 23.7 Å². The fraction of sp³-hybridized carbons (Fsp3) is 0.531. The molecule has 222 valence electrons. The Labute approximate surface area is 242 Å². The number of fused-ring (bicyclic) bond motifs is 1. The molecule has 1 fully saturated rings. The summed E-state index contributed by atoms with van der Waals surface area (Å²) < 4.78 is 18.1. The summed E-state index contributed by atoms with van der Waals surface area (Å²) in [6, 6.07) is 9.71. The Morgan fingerprint density at radius 2 is 1.71 bits per heavy atom. The Hall–Kier alpha value is -3.59. The predicted octanol–water partition coefficient (Wildman–Crippen LogP) is 4.90. The van der Waals surface area contributed by atoms with Gasteiger partial charge in [0.15, 0.2) is 0 Å². The number of carboxylic acid groups (broad SMARTS) is 1. The van der Waals surface area contributed by atoms with E-state index < -0.39 is 24.1 Å². The maximum Gasteiger partial charge on any atom is 0.306 e. The third-order valence-corrected chi connectivity index (χ3v) is 7.88. The topological polar surface area (TPSA) is 106 Å². The number of carboxylic acids is 1. The Bertz CT molecular complexity index is 1310. The third kappa shape index (κ3) is 6.50. The van der Waals surface area contributed by atoms with Crippen LogP contribution in [0.4, 0.5) is 5.69 Å². The van der Waals surface area contributed by atoms with Gasteiger partial charge < -0.3 is 29.1 Å². The number of hydrogen-bond donors (Lipinski definition) is 1. The molecule has 2 aliphatic heterocycles. The SMILES string of the molecule is COc1ccc(C2OC(CC(=O)N3CCC(C(=O)O)CC3)C(=O)N(CC(C)(C)C)c3ccc(C)cc32)c(OC)c1C. The molecule has 2 amide bonds. The summed E-state index contributed by atoms with van der Waals surface area (Å²) in [6.45, 7) is 11.2. The van der Waals surface area contributed by atoms with E-state index in [1.165, 1.54) is 0 Å². The molecular weight excluding hydrogens is 524 g/mol. The molecule has 2 atom stereocenters. The van der Waals surface area contributed by atoms with Gasteiger partial charge >= 0.3 is 5.97 Å². The monoisotopic (exact) mass is 566 g/mol. The number of carbonyl (C=O) groups excluding carboxylic acids is 2. The molecule has 2 heterocycles. The van der Waals surface area contributed by atoms with Crippen molar-refractivity contribution in [3.8, 4) is 11.5 Å². The van der Waals surface area contributed by atoms with Gasteiger partial charge in [-0.2, -0.15) is 0 Å². The fourth-order valence-corrected chi connectivity index (χ4v) is 5.79. The first-order valence-corrected chi connectivity index (χ1v) is 14.1. The van der Waals surface area contributed by atoms with Crippen molar-refractivity contribution in [2.75, 3.05) is 38.8 Å². The zero-order valence-electron chi connectivity index (χ0n) is 25.2. The zero-order valence-corrected chi connectivity index (χ0v) is 25.2. The largest absolute Gasteiger partial charge is 0.496 e. The van der Waals surface area contributed by atoms with Crippen LogP contribution in [0.25, 0.3) is 0 Å². The average Bonchev–Trinajstić information content (AvgIpc) is 3.02. The summed E-state index contributed by atoms with van der Waals surface area (Å²) in [5, 5.41) is 9.36. The van der Waals surface area contributed by atoms with Crippen LogP contribution >= 0.6 is 0 Å². The normalized spacial score (nSPS) is 19.9. The lowest BCUT2D eigenvalue weighted by molar-refractivity contribution is -0.148. The second-order valence-corrected chi connectivity index (χ2v) is 12.3. The predicted molar refractivity (Wildman–Crippen MR) is 156 cm³/mol. The number of hydrogen-bond acceptors (Lipinski definition) is 6. The lowest BCUT2D eigenvalue weighted by Crippen LogP contribution is -2.47. The molecule has 4 rings (SSSR count). The quantitative estimate of drug-likeness (QED) is 0.508. The fourth-order valence-electron chi connectivity index (χ4n) is 5.79. The number of piperidine rings is 1. The van der Waals surface area contributed by atoms with Crippen molar-refractivity contribution < 1.29 is 33.7 Å². The molecule has 9 nitrogen and oxygen atoms in total. The molecule has 2 unspecified atom stereocenters. The number of rotatable bonds is 7. The second kappa shape index (κ2) is 12.1. The van der Waals surface area contributed by atoms with Crippen LogP contribution in [0.1, 0.15) is 68.4 Å². The van der Waals surface area contributed by atoms with E-state index in [1.54, 1.807) is 24.0 Å². The Morgan fingerprint density at radius 3 is 2.29 bits per heavy atom. The summed E-state index contributed by atoms with van der Waals surface area (Å²) in [7, 11) is 3.20. The minimum Gasteiger partial charge on any atom is -0.496 e. The number of nitrogens with zero attached hydrogens (tertiary/aromatic N) is 2. The van der Waals surface area contributed by atoms with Crippen LogP contribution < -0.4 is 14.4 Å². The maximum absolute atomic E-state index is 14.2. The summed E-state index contributed by atoms with van der Waals surface area (Å²) in [5.41, 5.74) is 3.90. The number of anilines is 1. The molecule has 0 bridgehead atoms. The Morgan fingerprint density at radius 1 is 1.02 bits per heavy atom. The van der Waals surface area contributed by atoms with Gasteiger partial charge in [-0.1, -0.05) is 38.5 Å². The van der Waals surface area contributed by atoms with E-state index in [2.05, 4.69) is 20.8 Å². The van der Waals surface area contributed by atoms with E-state index in [4.69, 9.17) is 14.2 Å². The number of aliphatic carboxylic acids is 1. The molecule has 1 N–H and O–H groups in total. The number of likely N-dealkylation sites (tertiary alicyclic amines) is 1. The van der Waals surface area contributed by atoms with Crippen LogP contribution in [0.15, 0.2) is 30.3 Å². The van der Waals surface area contributed by atoms with Gasteiger partial charge in [-0.25, -0.2) is 0 Å². The van der Waals surface area contributed by atoms with Crippen molar-refractivity contribution in [2.45, 2.75) is 66.1 Å². The van der Waals surface area contributed by atoms with Crippen molar-refractivity contribution in [1.29, 1.82) is 0 Å². The van der Waals surface area contributed by atoms with Gasteiger partial charge in [-0.05, 0) is 50.3 Å². The third-order valence-electron chi connectivity index (χ3n) is 7.88. The molecule has 1 saturated heterocycles. The first-order valence-electron chi connectivity index (χ1n) is 14.1. The number of methoxy groups -OCH3 is 2. The molecular formula is C32H42N2O7. The maximum atomic E-state index is 14.2. The van der Waals surface area contributed by atoms with Crippen LogP contribution in [0.2, 0.25) is 0 Å². The van der Waals surface area contributed by atoms with E-state index in [-0.39, 0.29) is 23.7 Å².